The predicted molar refractivity (Wildman–Crippen MR) is 96.2 cm³/mol. The largest absolute Gasteiger partial charge is 0.465 e. The molecule has 2 N–H and O–H groups in total. The summed E-state index contributed by atoms with van der Waals surface area (Å²) in [6.45, 7) is 1.80. The maximum absolute atomic E-state index is 13.2. The third-order valence-electron chi connectivity index (χ3n) is 4.08. The Kier molecular flexibility index (Phi) is 4.67. The molecule has 1 aromatic heterocycles. The van der Waals surface area contributed by atoms with E-state index < -0.39 is 17.7 Å². The molecule has 26 heavy (non-hydrogen) atoms. The number of fused-ring (bicyclic) bond motifs is 1. The van der Waals surface area contributed by atoms with Gasteiger partial charge in [-0.1, -0.05) is 31.2 Å². The molecule has 1 atom stereocenters. The highest BCUT2D eigenvalue weighted by molar-refractivity contribution is 5.84. The van der Waals surface area contributed by atoms with E-state index >= 15 is 0 Å². The van der Waals surface area contributed by atoms with Crippen molar-refractivity contribution in [2.24, 2.45) is 0 Å². The first-order valence-corrected chi connectivity index (χ1v) is 8.07. The molecule has 0 aliphatic carbocycles. The second kappa shape index (κ2) is 7.07. The molecule has 0 fully saturated rings. The fourth-order valence-corrected chi connectivity index (χ4v) is 2.90. The Labute approximate surface area is 149 Å². The van der Waals surface area contributed by atoms with E-state index in [9.17, 15) is 14.9 Å². The lowest BCUT2D eigenvalue weighted by Gasteiger charge is -2.20. The SMILES string of the molecule is CCC(NC(=O)O)c1nc2cccc(C#N)c2c(=O)n1-c1ccccc1. The third-order valence-corrected chi connectivity index (χ3v) is 4.08. The van der Waals surface area contributed by atoms with Crippen molar-refractivity contribution >= 4 is 17.0 Å². The summed E-state index contributed by atoms with van der Waals surface area (Å²) in [4.78, 5) is 28.9. The second-order valence-corrected chi connectivity index (χ2v) is 5.67. The fraction of sp³-hybridized carbons (Fsp3) is 0.158. The third kappa shape index (κ3) is 3.00. The lowest BCUT2D eigenvalue weighted by molar-refractivity contribution is 0.188. The van der Waals surface area contributed by atoms with Gasteiger partial charge in [0, 0.05) is 0 Å². The molecule has 1 amide bonds. The van der Waals surface area contributed by atoms with E-state index in [1.807, 2.05) is 12.1 Å². The summed E-state index contributed by atoms with van der Waals surface area (Å²) < 4.78 is 1.37. The highest BCUT2D eigenvalue weighted by Crippen LogP contribution is 2.21. The second-order valence-electron chi connectivity index (χ2n) is 5.67. The van der Waals surface area contributed by atoms with Crippen molar-refractivity contribution < 1.29 is 9.90 Å². The van der Waals surface area contributed by atoms with Gasteiger partial charge in [0.05, 0.1) is 28.2 Å². The van der Waals surface area contributed by atoms with E-state index in [4.69, 9.17) is 5.11 Å². The Morgan fingerprint density at radius 2 is 2.00 bits per heavy atom. The quantitative estimate of drug-likeness (QED) is 0.753. The van der Waals surface area contributed by atoms with Gasteiger partial charge in [-0.3, -0.25) is 9.36 Å². The number of hydrogen-bond donors (Lipinski definition) is 2. The molecule has 0 spiro atoms. The summed E-state index contributed by atoms with van der Waals surface area (Å²) in [7, 11) is 0. The number of rotatable bonds is 4. The highest BCUT2D eigenvalue weighted by atomic mass is 16.4. The van der Waals surface area contributed by atoms with Crippen molar-refractivity contribution in [2.75, 3.05) is 0 Å². The number of nitrogens with zero attached hydrogens (tertiary/aromatic N) is 3. The zero-order valence-electron chi connectivity index (χ0n) is 14.0. The van der Waals surface area contributed by atoms with Gasteiger partial charge < -0.3 is 10.4 Å². The summed E-state index contributed by atoms with van der Waals surface area (Å²) in [5.41, 5.74) is 0.747. The van der Waals surface area contributed by atoms with Crippen molar-refractivity contribution in [1.29, 1.82) is 5.26 Å². The van der Waals surface area contributed by atoms with Crippen LogP contribution >= 0.6 is 0 Å². The number of aromatic nitrogens is 2. The minimum atomic E-state index is -1.20. The van der Waals surface area contributed by atoms with Crippen LogP contribution in [0.1, 0.15) is 30.8 Å². The molecule has 3 aromatic rings. The number of carbonyl (C=O) groups is 1. The Hall–Kier alpha value is -3.66. The lowest BCUT2D eigenvalue weighted by atomic mass is 10.1. The van der Waals surface area contributed by atoms with Crippen LogP contribution in [-0.4, -0.2) is 20.8 Å². The molecule has 0 aliphatic rings. The average Bonchev–Trinajstić information content (AvgIpc) is 2.65. The molecule has 0 saturated heterocycles. The molecule has 1 unspecified atom stereocenters. The molecule has 2 aromatic carbocycles. The molecule has 0 aliphatic heterocycles. The molecule has 1 heterocycles. The van der Waals surface area contributed by atoms with Crippen LogP contribution in [0.4, 0.5) is 4.79 Å². The van der Waals surface area contributed by atoms with Crippen molar-refractivity contribution in [3.63, 3.8) is 0 Å². The van der Waals surface area contributed by atoms with Gasteiger partial charge in [-0.25, -0.2) is 9.78 Å². The van der Waals surface area contributed by atoms with Crippen LogP contribution in [0, 0.1) is 11.3 Å². The smallest absolute Gasteiger partial charge is 0.405 e. The first kappa shape index (κ1) is 17.2. The number of amides is 1. The first-order chi connectivity index (χ1) is 12.6. The zero-order valence-corrected chi connectivity index (χ0v) is 14.0. The molecule has 7 nitrogen and oxygen atoms in total. The maximum atomic E-state index is 13.2. The van der Waals surface area contributed by atoms with Crippen molar-refractivity contribution in [3.8, 4) is 11.8 Å². The summed E-state index contributed by atoms with van der Waals surface area (Å²) >= 11 is 0. The Morgan fingerprint density at radius 1 is 1.27 bits per heavy atom. The molecular weight excluding hydrogens is 332 g/mol. The minimum absolute atomic E-state index is 0.216. The molecule has 0 bridgehead atoms. The van der Waals surface area contributed by atoms with Crippen LogP contribution in [0.25, 0.3) is 16.6 Å². The van der Waals surface area contributed by atoms with Crippen LogP contribution in [-0.2, 0) is 0 Å². The van der Waals surface area contributed by atoms with Gasteiger partial charge in [-0.15, -0.1) is 0 Å². The molecule has 7 heteroatoms. The number of nitrogens with one attached hydrogen (secondary N) is 1. The topological polar surface area (TPSA) is 108 Å². The van der Waals surface area contributed by atoms with Gasteiger partial charge >= 0.3 is 6.09 Å². The predicted octanol–water partition coefficient (Wildman–Crippen LogP) is 2.98. The van der Waals surface area contributed by atoms with Gasteiger partial charge in [0.2, 0.25) is 0 Å². The Morgan fingerprint density at radius 3 is 2.62 bits per heavy atom. The Balaban J connectivity index is 2.41. The zero-order chi connectivity index (χ0) is 18.7. The average molecular weight is 348 g/mol. The highest BCUT2D eigenvalue weighted by Gasteiger charge is 2.22. The van der Waals surface area contributed by atoms with E-state index in [1.54, 1.807) is 49.4 Å². The number of nitriles is 1. The summed E-state index contributed by atoms with van der Waals surface area (Å²) in [5.74, 6) is 0.286. The normalized spacial score (nSPS) is 11.7. The maximum Gasteiger partial charge on any atom is 0.405 e. The molecule has 3 rings (SSSR count). The van der Waals surface area contributed by atoms with Crippen LogP contribution in [0.3, 0.4) is 0 Å². The number of hydrogen-bond acceptors (Lipinski definition) is 4. The number of carboxylic acid groups (broad SMARTS) is 1. The molecular formula is C19H16N4O3. The van der Waals surface area contributed by atoms with E-state index in [2.05, 4.69) is 10.3 Å². The monoisotopic (exact) mass is 348 g/mol. The van der Waals surface area contributed by atoms with Crippen molar-refractivity contribution in [1.82, 2.24) is 14.9 Å². The van der Waals surface area contributed by atoms with E-state index in [0.29, 0.717) is 17.6 Å². The molecule has 0 radical (unpaired) electrons. The molecule has 130 valence electrons. The van der Waals surface area contributed by atoms with Crippen LogP contribution in [0.5, 0.6) is 0 Å². The minimum Gasteiger partial charge on any atom is -0.465 e. The van der Waals surface area contributed by atoms with Crippen LogP contribution in [0.15, 0.2) is 53.3 Å². The lowest BCUT2D eigenvalue weighted by Crippen LogP contribution is -2.33. The number of benzene rings is 2. The van der Waals surface area contributed by atoms with Gasteiger partial charge in [0.15, 0.2) is 0 Å². The van der Waals surface area contributed by atoms with Gasteiger partial charge in [0.1, 0.15) is 11.9 Å². The van der Waals surface area contributed by atoms with E-state index in [1.165, 1.54) is 4.57 Å². The van der Waals surface area contributed by atoms with Gasteiger partial charge in [0.25, 0.3) is 5.56 Å². The van der Waals surface area contributed by atoms with Crippen LogP contribution in [0.2, 0.25) is 0 Å². The standard InChI is InChI=1S/C19H16N4O3/c1-2-14(22-19(25)26)17-21-15-10-6-7-12(11-20)16(15)18(24)23(17)13-8-4-3-5-9-13/h3-10,14,22H,2H2,1H3,(H,25,26). The van der Waals surface area contributed by atoms with Gasteiger partial charge in [-0.05, 0) is 30.7 Å². The number of para-hydroxylation sites is 1. The Bertz CT molecular complexity index is 1070. The fourth-order valence-electron chi connectivity index (χ4n) is 2.90. The van der Waals surface area contributed by atoms with E-state index in [-0.39, 0.29) is 16.8 Å². The van der Waals surface area contributed by atoms with E-state index in [0.717, 1.165) is 0 Å². The molecule has 0 saturated carbocycles. The van der Waals surface area contributed by atoms with Crippen molar-refractivity contribution in [2.45, 2.75) is 19.4 Å². The summed E-state index contributed by atoms with van der Waals surface area (Å²) in [6.07, 6.45) is -0.786. The van der Waals surface area contributed by atoms with Crippen LogP contribution < -0.4 is 10.9 Å². The van der Waals surface area contributed by atoms with Gasteiger partial charge in [-0.2, -0.15) is 5.26 Å². The summed E-state index contributed by atoms with van der Waals surface area (Å²) in [6, 6.07) is 15.0. The van der Waals surface area contributed by atoms with Crippen molar-refractivity contribution in [3.05, 3.63) is 70.3 Å². The first-order valence-electron chi connectivity index (χ1n) is 8.07. The summed E-state index contributed by atoms with van der Waals surface area (Å²) in [5, 5.41) is 21.1.